The highest BCUT2D eigenvalue weighted by Gasteiger charge is 2.21. The van der Waals surface area contributed by atoms with Crippen molar-refractivity contribution in [2.45, 2.75) is 38.6 Å². The molecule has 0 saturated heterocycles. The third kappa shape index (κ3) is 6.02. The number of amides is 1. The summed E-state index contributed by atoms with van der Waals surface area (Å²) in [5.74, 6) is 0.0653. The van der Waals surface area contributed by atoms with Crippen molar-refractivity contribution in [2.75, 3.05) is 6.61 Å². The van der Waals surface area contributed by atoms with E-state index in [4.69, 9.17) is 17.0 Å². The van der Waals surface area contributed by atoms with Crippen LogP contribution in [-0.2, 0) is 4.79 Å². The number of hydrogen-bond donors (Lipinski definition) is 3. The number of carbonyl (C=O) groups is 1. The number of thiocarbonyl (C=S) groups is 1. The molecular formula is C16H22FN3O2S. The highest BCUT2D eigenvalue weighted by molar-refractivity contribution is 7.80. The van der Waals surface area contributed by atoms with Crippen LogP contribution in [0.1, 0.15) is 32.6 Å². The number of nitrogens with one attached hydrogen (secondary N) is 3. The molecule has 0 heterocycles. The van der Waals surface area contributed by atoms with Gasteiger partial charge in [0.25, 0.3) is 5.91 Å². The first kappa shape index (κ1) is 17.5. The monoisotopic (exact) mass is 339 g/mol. The molecule has 126 valence electrons. The molecule has 7 heteroatoms. The molecule has 0 unspecified atom stereocenters. The molecule has 1 saturated carbocycles. The molecular weight excluding hydrogens is 317 g/mol. The zero-order valence-electron chi connectivity index (χ0n) is 13.1. The van der Waals surface area contributed by atoms with Crippen molar-refractivity contribution in [3.63, 3.8) is 0 Å². The van der Waals surface area contributed by atoms with Crippen LogP contribution in [0.5, 0.6) is 5.75 Å². The third-order valence-corrected chi connectivity index (χ3v) is 4.13. The number of halogens is 1. The molecule has 2 atom stereocenters. The first-order valence-corrected chi connectivity index (χ1v) is 8.19. The van der Waals surface area contributed by atoms with Crippen molar-refractivity contribution in [3.8, 4) is 5.75 Å². The van der Waals surface area contributed by atoms with E-state index in [0.29, 0.717) is 22.8 Å². The van der Waals surface area contributed by atoms with E-state index in [-0.39, 0.29) is 6.61 Å². The van der Waals surface area contributed by atoms with Crippen LogP contribution in [0, 0.1) is 11.7 Å². The van der Waals surface area contributed by atoms with Crippen LogP contribution in [0.4, 0.5) is 4.39 Å². The summed E-state index contributed by atoms with van der Waals surface area (Å²) < 4.78 is 18.2. The minimum Gasteiger partial charge on any atom is -0.484 e. The zero-order chi connectivity index (χ0) is 16.7. The molecule has 5 nitrogen and oxygen atoms in total. The van der Waals surface area contributed by atoms with Crippen LogP contribution < -0.4 is 20.9 Å². The van der Waals surface area contributed by atoms with E-state index in [0.717, 1.165) is 6.42 Å². The van der Waals surface area contributed by atoms with Gasteiger partial charge in [-0.05, 0) is 43.1 Å². The van der Waals surface area contributed by atoms with Gasteiger partial charge < -0.3 is 10.1 Å². The number of ether oxygens (including phenoxy) is 1. The summed E-state index contributed by atoms with van der Waals surface area (Å²) in [5.41, 5.74) is 5.12. The fraction of sp³-hybridized carbons (Fsp3) is 0.500. The lowest BCUT2D eigenvalue weighted by Gasteiger charge is -2.30. The first-order chi connectivity index (χ1) is 11.0. The van der Waals surface area contributed by atoms with Crippen LogP contribution in [0.15, 0.2) is 24.3 Å². The Labute approximate surface area is 140 Å². The second-order valence-electron chi connectivity index (χ2n) is 5.76. The Bertz CT molecular complexity index is 556. The average molecular weight is 339 g/mol. The van der Waals surface area contributed by atoms with Crippen molar-refractivity contribution < 1.29 is 13.9 Å². The quantitative estimate of drug-likeness (QED) is 0.580. The molecule has 23 heavy (non-hydrogen) atoms. The highest BCUT2D eigenvalue weighted by atomic mass is 32.1. The van der Waals surface area contributed by atoms with E-state index < -0.39 is 11.7 Å². The Morgan fingerprint density at radius 2 is 2.13 bits per heavy atom. The van der Waals surface area contributed by atoms with Crippen molar-refractivity contribution >= 4 is 23.2 Å². The summed E-state index contributed by atoms with van der Waals surface area (Å²) in [5, 5.41) is 3.61. The molecule has 1 aliphatic rings. The molecule has 1 aromatic carbocycles. The van der Waals surface area contributed by atoms with Gasteiger partial charge in [-0.1, -0.05) is 25.8 Å². The van der Waals surface area contributed by atoms with E-state index >= 15 is 0 Å². The Kier molecular flexibility index (Phi) is 6.58. The van der Waals surface area contributed by atoms with E-state index in [1.54, 1.807) is 6.07 Å². The molecule has 0 aliphatic heterocycles. The van der Waals surface area contributed by atoms with Crippen molar-refractivity contribution in [1.82, 2.24) is 16.2 Å². The molecule has 1 amide bonds. The smallest absolute Gasteiger partial charge is 0.276 e. The summed E-state index contributed by atoms with van der Waals surface area (Å²) in [4.78, 5) is 11.7. The standard InChI is InChI=1S/C16H22FN3O2S/c1-11-5-2-3-8-14(11)18-16(23)20-19-15(21)10-22-13-7-4-6-12(17)9-13/h4,6-7,9,11,14H,2-3,5,8,10H2,1H3,(H,19,21)(H2,18,20,23)/t11-,14+/m1/s1. The van der Waals surface area contributed by atoms with Gasteiger partial charge in [-0.15, -0.1) is 0 Å². The van der Waals surface area contributed by atoms with Gasteiger partial charge in [-0.3, -0.25) is 15.6 Å². The van der Waals surface area contributed by atoms with Crippen molar-refractivity contribution in [1.29, 1.82) is 0 Å². The molecule has 0 aromatic heterocycles. The minimum absolute atomic E-state index is 0.223. The van der Waals surface area contributed by atoms with Gasteiger partial charge in [0.1, 0.15) is 11.6 Å². The fourth-order valence-electron chi connectivity index (χ4n) is 2.60. The van der Waals surface area contributed by atoms with Crippen LogP contribution in [0.25, 0.3) is 0 Å². The molecule has 1 aliphatic carbocycles. The SMILES string of the molecule is C[C@@H]1CCCC[C@@H]1NC(=S)NNC(=O)COc1cccc(F)c1. The highest BCUT2D eigenvalue weighted by Crippen LogP contribution is 2.23. The molecule has 0 spiro atoms. The van der Waals surface area contributed by atoms with Gasteiger partial charge in [-0.2, -0.15) is 0 Å². The van der Waals surface area contributed by atoms with Gasteiger partial charge >= 0.3 is 0 Å². The fourth-order valence-corrected chi connectivity index (χ4v) is 2.81. The van der Waals surface area contributed by atoms with Crippen LogP contribution in [0.3, 0.4) is 0 Å². The summed E-state index contributed by atoms with van der Waals surface area (Å²) in [6.07, 6.45) is 4.72. The van der Waals surface area contributed by atoms with Crippen molar-refractivity contribution in [3.05, 3.63) is 30.1 Å². The largest absolute Gasteiger partial charge is 0.484 e. The maximum absolute atomic E-state index is 13.0. The normalized spacial score (nSPS) is 20.4. The number of benzene rings is 1. The van der Waals surface area contributed by atoms with Gasteiger partial charge in [0.15, 0.2) is 11.7 Å². The van der Waals surface area contributed by atoms with E-state index in [9.17, 15) is 9.18 Å². The van der Waals surface area contributed by atoms with Crippen LogP contribution in [0.2, 0.25) is 0 Å². The zero-order valence-corrected chi connectivity index (χ0v) is 13.9. The summed E-state index contributed by atoms with van der Waals surface area (Å²) >= 11 is 5.17. The van der Waals surface area contributed by atoms with Gasteiger partial charge in [0.05, 0.1) is 0 Å². The summed E-state index contributed by atoms with van der Waals surface area (Å²) in [6, 6.07) is 5.97. The Hall–Kier alpha value is -1.89. The molecule has 2 rings (SSSR count). The Balaban J connectivity index is 1.66. The summed E-state index contributed by atoms with van der Waals surface area (Å²) in [6.45, 7) is 1.98. The number of hydrogen-bond acceptors (Lipinski definition) is 3. The molecule has 0 bridgehead atoms. The maximum atomic E-state index is 13.0. The third-order valence-electron chi connectivity index (χ3n) is 3.91. The first-order valence-electron chi connectivity index (χ1n) is 7.78. The van der Waals surface area contributed by atoms with Crippen LogP contribution in [-0.4, -0.2) is 23.7 Å². The van der Waals surface area contributed by atoms with Gasteiger partial charge in [0, 0.05) is 12.1 Å². The lowest BCUT2D eigenvalue weighted by atomic mass is 9.86. The molecule has 1 aromatic rings. The second-order valence-corrected chi connectivity index (χ2v) is 6.17. The second kappa shape index (κ2) is 8.67. The van der Waals surface area contributed by atoms with E-state index in [1.807, 2.05) is 0 Å². The topological polar surface area (TPSA) is 62.4 Å². The lowest BCUT2D eigenvalue weighted by molar-refractivity contribution is -0.123. The molecule has 3 N–H and O–H groups in total. The number of carbonyl (C=O) groups excluding carboxylic acids is 1. The average Bonchev–Trinajstić information content (AvgIpc) is 2.53. The Morgan fingerprint density at radius 3 is 2.87 bits per heavy atom. The maximum Gasteiger partial charge on any atom is 0.276 e. The predicted molar refractivity (Wildman–Crippen MR) is 90.3 cm³/mol. The lowest BCUT2D eigenvalue weighted by Crippen LogP contribution is -2.52. The summed E-state index contributed by atoms with van der Waals surface area (Å²) in [7, 11) is 0. The number of hydrazine groups is 1. The Morgan fingerprint density at radius 1 is 1.35 bits per heavy atom. The van der Waals surface area contributed by atoms with E-state index in [2.05, 4.69) is 23.1 Å². The molecule has 0 radical (unpaired) electrons. The van der Waals surface area contributed by atoms with Gasteiger partial charge in [0.2, 0.25) is 0 Å². The minimum atomic E-state index is -0.409. The number of rotatable bonds is 4. The van der Waals surface area contributed by atoms with E-state index in [1.165, 1.54) is 37.5 Å². The molecule has 1 fully saturated rings. The van der Waals surface area contributed by atoms with Crippen molar-refractivity contribution in [2.24, 2.45) is 5.92 Å². The van der Waals surface area contributed by atoms with Crippen LogP contribution >= 0.6 is 12.2 Å². The predicted octanol–water partition coefficient (Wildman–Crippen LogP) is 2.28. The van der Waals surface area contributed by atoms with Gasteiger partial charge in [-0.25, -0.2) is 4.39 Å².